The summed E-state index contributed by atoms with van der Waals surface area (Å²) in [6.45, 7) is 6.26. The smallest absolute Gasteiger partial charge is 0.123 e. The van der Waals surface area contributed by atoms with Gasteiger partial charge in [0.05, 0.1) is 0 Å². The molecule has 0 atom stereocenters. The van der Waals surface area contributed by atoms with Gasteiger partial charge in [-0.3, -0.25) is 10.3 Å². The Morgan fingerprint density at radius 1 is 1.45 bits per heavy atom. The fourth-order valence-corrected chi connectivity index (χ4v) is 2.41. The topological polar surface area (TPSA) is 53.1 Å². The van der Waals surface area contributed by atoms with Crippen LogP contribution in [0.2, 0.25) is 0 Å². The fraction of sp³-hybridized carbons (Fsp3) is 0.562. The van der Waals surface area contributed by atoms with Gasteiger partial charge in [-0.1, -0.05) is 19.9 Å². The van der Waals surface area contributed by atoms with E-state index >= 15 is 0 Å². The van der Waals surface area contributed by atoms with Gasteiger partial charge in [0.1, 0.15) is 11.7 Å². The summed E-state index contributed by atoms with van der Waals surface area (Å²) in [4.78, 5) is 2.44. The highest BCUT2D eigenvalue weighted by Crippen LogP contribution is 2.29. The van der Waals surface area contributed by atoms with Crippen molar-refractivity contribution in [2.75, 3.05) is 6.54 Å². The van der Waals surface area contributed by atoms with E-state index in [-0.39, 0.29) is 11.7 Å². The maximum Gasteiger partial charge on any atom is 0.123 e. The Hall–Kier alpha value is -1.42. The van der Waals surface area contributed by atoms with Gasteiger partial charge < -0.3 is 5.73 Å². The zero-order chi connectivity index (χ0) is 14.7. The largest absolute Gasteiger partial charge is 0.384 e. The van der Waals surface area contributed by atoms with E-state index in [4.69, 9.17) is 11.1 Å². The minimum Gasteiger partial charge on any atom is -0.384 e. The summed E-state index contributed by atoms with van der Waals surface area (Å²) >= 11 is 0. The Balaban J connectivity index is 2.11. The molecule has 3 N–H and O–H groups in total. The first-order valence-corrected chi connectivity index (χ1v) is 7.34. The molecule has 4 heteroatoms. The predicted molar refractivity (Wildman–Crippen MR) is 80.3 cm³/mol. The monoisotopic (exact) mass is 277 g/mol. The van der Waals surface area contributed by atoms with E-state index in [0.29, 0.717) is 17.5 Å². The van der Waals surface area contributed by atoms with Crippen molar-refractivity contribution < 1.29 is 4.39 Å². The van der Waals surface area contributed by atoms with Crippen molar-refractivity contribution in [3.8, 4) is 0 Å². The Bertz CT molecular complexity index is 481. The average Bonchev–Trinajstić information content (AvgIpc) is 3.19. The lowest BCUT2D eigenvalue weighted by atomic mass is 10.0. The molecule has 2 rings (SSSR count). The lowest BCUT2D eigenvalue weighted by Gasteiger charge is -2.24. The number of hydrogen-bond acceptors (Lipinski definition) is 2. The van der Waals surface area contributed by atoms with Crippen molar-refractivity contribution in [2.45, 2.75) is 45.7 Å². The van der Waals surface area contributed by atoms with Crippen LogP contribution in [0.1, 0.15) is 44.2 Å². The van der Waals surface area contributed by atoms with Crippen molar-refractivity contribution in [1.29, 1.82) is 5.41 Å². The van der Waals surface area contributed by atoms with Crippen LogP contribution in [0.3, 0.4) is 0 Å². The van der Waals surface area contributed by atoms with Crippen LogP contribution < -0.4 is 5.73 Å². The molecular weight excluding hydrogens is 253 g/mol. The van der Waals surface area contributed by atoms with Crippen LogP contribution in [0.4, 0.5) is 4.39 Å². The van der Waals surface area contributed by atoms with Crippen LogP contribution in [0, 0.1) is 17.1 Å². The number of benzene rings is 1. The Morgan fingerprint density at radius 3 is 2.70 bits per heavy atom. The number of rotatable bonds is 7. The van der Waals surface area contributed by atoms with E-state index in [1.54, 1.807) is 6.07 Å². The molecule has 110 valence electrons. The molecule has 0 spiro atoms. The SMILES string of the molecule is CC(C)CCN(Cc1ccc(F)cc1C(=N)N)C1CC1. The molecule has 1 aliphatic rings. The standard InChI is InChI=1S/C16H24FN3/c1-11(2)7-8-20(14-5-6-14)10-12-3-4-13(17)9-15(12)16(18)19/h3-4,9,11,14H,5-8,10H2,1-2H3,(H3,18,19). The van der Waals surface area contributed by atoms with E-state index in [9.17, 15) is 4.39 Å². The molecule has 1 aromatic rings. The summed E-state index contributed by atoms with van der Waals surface area (Å²) in [5.41, 5.74) is 7.05. The minimum absolute atomic E-state index is 0.0564. The van der Waals surface area contributed by atoms with Crippen LogP contribution in [-0.4, -0.2) is 23.3 Å². The predicted octanol–water partition coefficient (Wildman–Crippen LogP) is 3.12. The van der Waals surface area contributed by atoms with Crippen LogP contribution in [-0.2, 0) is 6.54 Å². The molecule has 0 heterocycles. The first-order valence-electron chi connectivity index (χ1n) is 7.34. The van der Waals surface area contributed by atoms with E-state index in [2.05, 4.69) is 18.7 Å². The zero-order valence-electron chi connectivity index (χ0n) is 12.3. The molecule has 1 aliphatic carbocycles. The molecule has 0 amide bonds. The van der Waals surface area contributed by atoms with Gasteiger partial charge in [0.2, 0.25) is 0 Å². The highest BCUT2D eigenvalue weighted by atomic mass is 19.1. The Labute approximate surface area is 120 Å². The molecule has 0 aliphatic heterocycles. The number of amidine groups is 1. The fourth-order valence-electron chi connectivity index (χ4n) is 2.41. The molecule has 0 aromatic heterocycles. The lowest BCUT2D eigenvalue weighted by molar-refractivity contribution is 0.239. The highest BCUT2D eigenvalue weighted by Gasteiger charge is 2.29. The molecule has 0 saturated heterocycles. The van der Waals surface area contributed by atoms with Crippen molar-refractivity contribution in [3.05, 3.63) is 35.1 Å². The Kier molecular flexibility index (Phi) is 4.76. The third kappa shape index (κ3) is 4.04. The lowest BCUT2D eigenvalue weighted by Crippen LogP contribution is -2.29. The minimum atomic E-state index is -0.334. The second-order valence-corrected chi connectivity index (χ2v) is 6.10. The van der Waals surface area contributed by atoms with E-state index in [0.717, 1.165) is 25.1 Å². The molecule has 0 unspecified atom stereocenters. The molecule has 1 saturated carbocycles. The molecule has 20 heavy (non-hydrogen) atoms. The van der Waals surface area contributed by atoms with Crippen LogP contribution in [0.15, 0.2) is 18.2 Å². The average molecular weight is 277 g/mol. The molecule has 1 aromatic carbocycles. The van der Waals surface area contributed by atoms with Crippen molar-refractivity contribution in [2.24, 2.45) is 11.7 Å². The first kappa shape index (κ1) is 15.0. The first-order chi connectivity index (χ1) is 9.47. The van der Waals surface area contributed by atoms with Crippen LogP contribution in [0.5, 0.6) is 0 Å². The van der Waals surface area contributed by atoms with Crippen molar-refractivity contribution >= 4 is 5.84 Å². The van der Waals surface area contributed by atoms with E-state index < -0.39 is 0 Å². The summed E-state index contributed by atoms with van der Waals surface area (Å²) in [5, 5.41) is 7.60. The molecule has 3 nitrogen and oxygen atoms in total. The van der Waals surface area contributed by atoms with Gasteiger partial charge in [-0.15, -0.1) is 0 Å². The van der Waals surface area contributed by atoms with Crippen LogP contribution in [0.25, 0.3) is 0 Å². The summed E-state index contributed by atoms with van der Waals surface area (Å²) < 4.78 is 13.3. The van der Waals surface area contributed by atoms with Crippen molar-refractivity contribution in [3.63, 3.8) is 0 Å². The number of halogens is 1. The summed E-state index contributed by atoms with van der Waals surface area (Å²) in [6, 6.07) is 5.23. The van der Waals surface area contributed by atoms with E-state index in [1.165, 1.54) is 25.0 Å². The van der Waals surface area contributed by atoms with Crippen LogP contribution >= 0.6 is 0 Å². The number of hydrogen-bond donors (Lipinski definition) is 2. The quantitative estimate of drug-likeness (QED) is 0.594. The molecular formula is C16H24FN3. The Morgan fingerprint density at radius 2 is 2.15 bits per heavy atom. The zero-order valence-corrected chi connectivity index (χ0v) is 12.3. The van der Waals surface area contributed by atoms with Crippen molar-refractivity contribution in [1.82, 2.24) is 4.90 Å². The molecule has 0 radical (unpaired) electrons. The van der Waals surface area contributed by atoms with Gasteiger partial charge in [0.25, 0.3) is 0 Å². The third-order valence-corrected chi connectivity index (χ3v) is 3.79. The van der Waals surface area contributed by atoms with Gasteiger partial charge in [-0.25, -0.2) is 4.39 Å². The number of nitrogens with two attached hydrogens (primary N) is 1. The second kappa shape index (κ2) is 6.35. The van der Waals surface area contributed by atoms with Gasteiger partial charge in [0, 0.05) is 18.2 Å². The van der Waals surface area contributed by atoms with Gasteiger partial charge in [0.15, 0.2) is 0 Å². The van der Waals surface area contributed by atoms with Gasteiger partial charge >= 0.3 is 0 Å². The molecule has 1 fully saturated rings. The number of nitrogen functional groups attached to an aromatic ring is 1. The highest BCUT2D eigenvalue weighted by molar-refractivity contribution is 5.96. The molecule has 0 bridgehead atoms. The normalized spacial score (nSPS) is 15.1. The maximum atomic E-state index is 13.3. The maximum absolute atomic E-state index is 13.3. The summed E-state index contributed by atoms with van der Waals surface area (Å²) in [7, 11) is 0. The second-order valence-electron chi connectivity index (χ2n) is 6.10. The number of nitrogens with zero attached hydrogens (tertiary/aromatic N) is 1. The van der Waals surface area contributed by atoms with Gasteiger partial charge in [-0.2, -0.15) is 0 Å². The number of nitrogens with one attached hydrogen (secondary N) is 1. The summed E-state index contributed by atoms with van der Waals surface area (Å²) in [5.74, 6) is 0.287. The van der Waals surface area contributed by atoms with Gasteiger partial charge in [-0.05, 0) is 49.4 Å². The van der Waals surface area contributed by atoms with E-state index in [1.807, 2.05) is 0 Å². The summed E-state index contributed by atoms with van der Waals surface area (Å²) in [6.07, 6.45) is 3.65. The third-order valence-electron chi connectivity index (χ3n) is 3.79.